The predicted molar refractivity (Wildman–Crippen MR) is 131 cm³/mol. The molecule has 2 aromatic rings. The number of hydrogen-bond acceptors (Lipinski definition) is 5. The molecule has 2 unspecified atom stereocenters. The van der Waals surface area contributed by atoms with E-state index in [-0.39, 0.29) is 12.5 Å². The lowest BCUT2D eigenvalue weighted by Crippen LogP contribution is -2.45. The fraction of sp³-hybridized carbons (Fsp3) is 0.600. The number of aliphatic hydroxyl groups is 1. The summed E-state index contributed by atoms with van der Waals surface area (Å²) >= 11 is 6.45. The summed E-state index contributed by atoms with van der Waals surface area (Å²) in [6.07, 6.45) is 4.67. The van der Waals surface area contributed by atoms with Crippen molar-refractivity contribution in [2.75, 3.05) is 38.1 Å². The van der Waals surface area contributed by atoms with Crippen LogP contribution in [-0.2, 0) is 0 Å². The zero-order valence-electron chi connectivity index (χ0n) is 19.4. The number of halogens is 1. The monoisotopic (exact) mass is 458 g/mol. The predicted octanol–water partition coefficient (Wildman–Crippen LogP) is 4.09. The van der Waals surface area contributed by atoms with E-state index in [9.17, 15) is 9.90 Å². The molecule has 2 aliphatic rings. The molecule has 2 fully saturated rings. The maximum atomic E-state index is 13.1. The minimum Gasteiger partial charge on any atom is -0.388 e. The van der Waals surface area contributed by atoms with E-state index in [4.69, 9.17) is 16.6 Å². The number of benzene rings is 1. The Balaban J connectivity index is 1.52. The fourth-order valence-electron chi connectivity index (χ4n) is 5.27. The van der Waals surface area contributed by atoms with E-state index in [0.717, 1.165) is 62.0 Å². The number of pyridine rings is 1. The molecular formula is C25H35ClN4O2. The molecule has 1 aliphatic carbocycles. The van der Waals surface area contributed by atoms with Crippen molar-refractivity contribution in [3.8, 4) is 0 Å². The summed E-state index contributed by atoms with van der Waals surface area (Å²) in [6.45, 7) is 7.55. The molecule has 1 amide bonds. The Hall–Kier alpha value is -1.89. The van der Waals surface area contributed by atoms with Crippen molar-refractivity contribution in [2.45, 2.75) is 57.6 Å². The van der Waals surface area contributed by atoms with Crippen molar-refractivity contribution in [1.82, 2.24) is 15.2 Å². The van der Waals surface area contributed by atoms with Gasteiger partial charge < -0.3 is 20.2 Å². The van der Waals surface area contributed by atoms with Crippen LogP contribution in [0.5, 0.6) is 0 Å². The maximum Gasteiger partial charge on any atom is 0.253 e. The zero-order valence-corrected chi connectivity index (χ0v) is 20.2. The number of carbonyl (C=O) groups is 1. The number of fused-ring (bicyclic) bond motifs is 1. The molecule has 1 aromatic heterocycles. The van der Waals surface area contributed by atoms with Gasteiger partial charge in [-0.1, -0.05) is 38.3 Å². The minimum absolute atomic E-state index is 0.245. The Labute approximate surface area is 195 Å². The second-order valence-electron chi connectivity index (χ2n) is 9.73. The molecule has 0 radical (unpaired) electrons. The number of nitrogens with one attached hydrogen (secondary N) is 1. The standard InChI is InChI=1S/C25H35ClN4O2/c1-4-29(3)18-11-13-30(15-18)22-10-7-19-21(28-22)9-8-20(26)23(19)24(31)27-16-25(32)12-5-6-17(2)14-25/h7-10,17-18,32H,4-6,11-16H2,1-3H3,(H,27,31)/t17?,18?,25-/m0/s1. The van der Waals surface area contributed by atoms with Crippen LogP contribution in [0.1, 0.15) is 56.3 Å². The van der Waals surface area contributed by atoms with Gasteiger partial charge in [-0.3, -0.25) is 4.79 Å². The first kappa shape index (κ1) is 23.3. The molecule has 174 valence electrons. The molecule has 2 N–H and O–H groups in total. The summed E-state index contributed by atoms with van der Waals surface area (Å²) in [5, 5.41) is 15.0. The van der Waals surface area contributed by atoms with Crippen LogP contribution < -0.4 is 10.2 Å². The van der Waals surface area contributed by atoms with Gasteiger partial charge in [-0.15, -0.1) is 0 Å². The SMILES string of the molecule is CCN(C)C1CCN(c2ccc3c(C(=O)NC[C@]4(O)CCCC(C)C4)c(Cl)ccc3n2)C1. The molecular weight excluding hydrogens is 424 g/mol. The number of nitrogens with zero attached hydrogens (tertiary/aromatic N) is 3. The smallest absolute Gasteiger partial charge is 0.253 e. The van der Waals surface area contributed by atoms with E-state index < -0.39 is 5.60 Å². The molecule has 32 heavy (non-hydrogen) atoms. The van der Waals surface area contributed by atoms with Crippen molar-refractivity contribution in [1.29, 1.82) is 0 Å². The number of anilines is 1. The second-order valence-corrected chi connectivity index (χ2v) is 10.1. The molecule has 1 saturated heterocycles. The van der Waals surface area contributed by atoms with Gasteiger partial charge in [0.1, 0.15) is 5.82 Å². The second kappa shape index (κ2) is 9.54. The number of rotatable bonds is 6. The highest BCUT2D eigenvalue weighted by Gasteiger charge is 2.33. The third-order valence-corrected chi connectivity index (χ3v) is 7.60. The van der Waals surface area contributed by atoms with E-state index in [1.54, 1.807) is 6.07 Å². The maximum absolute atomic E-state index is 13.1. The molecule has 1 aliphatic heterocycles. The topological polar surface area (TPSA) is 68.7 Å². The van der Waals surface area contributed by atoms with Gasteiger partial charge in [0.05, 0.1) is 21.7 Å². The Morgan fingerprint density at radius 2 is 2.16 bits per heavy atom. The first-order valence-electron chi connectivity index (χ1n) is 11.8. The molecule has 6 nitrogen and oxygen atoms in total. The third kappa shape index (κ3) is 4.87. The number of amides is 1. The lowest BCUT2D eigenvalue weighted by Gasteiger charge is -2.35. The first-order chi connectivity index (χ1) is 15.3. The van der Waals surface area contributed by atoms with Gasteiger partial charge in [-0.2, -0.15) is 0 Å². The van der Waals surface area contributed by atoms with Gasteiger partial charge in [0.15, 0.2) is 0 Å². The van der Waals surface area contributed by atoms with E-state index in [0.29, 0.717) is 29.0 Å². The first-order valence-corrected chi connectivity index (χ1v) is 12.2. The minimum atomic E-state index is -0.840. The Kier molecular flexibility index (Phi) is 6.94. The zero-order chi connectivity index (χ0) is 22.9. The highest BCUT2D eigenvalue weighted by molar-refractivity contribution is 6.35. The van der Waals surface area contributed by atoms with Crippen LogP contribution in [-0.4, -0.2) is 65.8 Å². The van der Waals surface area contributed by atoms with Crippen molar-refractivity contribution in [3.63, 3.8) is 0 Å². The molecule has 0 spiro atoms. The molecule has 3 atom stereocenters. The fourth-order valence-corrected chi connectivity index (χ4v) is 5.52. The van der Waals surface area contributed by atoms with Gasteiger partial charge in [-0.25, -0.2) is 4.98 Å². The van der Waals surface area contributed by atoms with Gasteiger partial charge in [-0.05, 0) is 63.0 Å². The summed E-state index contributed by atoms with van der Waals surface area (Å²) in [5.74, 6) is 1.15. The van der Waals surface area contributed by atoms with Crippen molar-refractivity contribution < 1.29 is 9.90 Å². The summed E-state index contributed by atoms with van der Waals surface area (Å²) in [6, 6.07) is 8.09. The van der Waals surface area contributed by atoms with Gasteiger partial charge in [0, 0.05) is 31.1 Å². The highest BCUT2D eigenvalue weighted by atomic mass is 35.5. The van der Waals surface area contributed by atoms with Crippen LogP contribution in [0.3, 0.4) is 0 Å². The Morgan fingerprint density at radius 3 is 2.91 bits per heavy atom. The number of aromatic nitrogens is 1. The quantitative estimate of drug-likeness (QED) is 0.682. The van der Waals surface area contributed by atoms with Crippen LogP contribution in [0.15, 0.2) is 24.3 Å². The summed E-state index contributed by atoms with van der Waals surface area (Å²) < 4.78 is 0. The summed E-state index contributed by atoms with van der Waals surface area (Å²) in [4.78, 5) is 22.6. The lowest BCUT2D eigenvalue weighted by molar-refractivity contribution is -0.0109. The number of hydrogen-bond donors (Lipinski definition) is 2. The van der Waals surface area contributed by atoms with Gasteiger partial charge >= 0.3 is 0 Å². The molecule has 0 bridgehead atoms. The third-order valence-electron chi connectivity index (χ3n) is 7.29. The van der Waals surface area contributed by atoms with Crippen molar-refractivity contribution >= 4 is 34.2 Å². The van der Waals surface area contributed by atoms with Gasteiger partial charge in [0.25, 0.3) is 5.91 Å². The van der Waals surface area contributed by atoms with E-state index in [1.807, 2.05) is 18.2 Å². The molecule has 7 heteroatoms. The van der Waals surface area contributed by atoms with Crippen molar-refractivity contribution in [2.24, 2.45) is 5.92 Å². The number of likely N-dealkylation sites (N-methyl/N-ethyl adjacent to an activating group) is 1. The van der Waals surface area contributed by atoms with Crippen LogP contribution in [0, 0.1) is 5.92 Å². The largest absolute Gasteiger partial charge is 0.388 e. The average molecular weight is 459 g/mol. The number of carbonyl (C=O) groups excluding carboxylic acids is 1. The van der Waals surface area contributed by atoms with Gasteiger partial charge in [0.2, 0.25) is 0 Å². The van der Waals surface area contributed by atoms with Crippen LogP contribution in [0.25, 0.3) is 10.9 Å². The highest BCUT2D eigenvalue weighted by Crippen LogP contribution is 2.32. The molecule has 4 rings (SSSR count). The van der Waals surface area contributed by atoms with E-state index in [2.05, 4.69) is 36.0 Å². The van der Waals surface area contributed by atoms with Crippen LogP contribution in [0.2, 0.25) is 5.02 Å². The van der Waals surface area contributed by atoms with E-state index in [1.165, 1.54) is 0 Å². The Morgan fingerprint density at radius 1 is 1.34 bits per heavy atom. The van der Waals surface area contributed by atoms with E-state index >= 15 is 0 Å². The average Bonchev–Trinajstić information content (AvgIpc) is 3.27. The summed E-state index contributed by atoms with van der Waals surface area (Å²) in [5.41, 5.74) is 0.350. The molecule has 1 saturated carbocycles. The lowest BCUT2D eigenvalue weighted by atomic mass is 9.79. The summed E-state index contributed by atoms with van der Waals surface area (Å²) in [7, 11) is 2.17. The van der Waals surface area contributed by atoms with Crippen molar-refractivity contribution in [3.05, 3.63) is 34.9 Å². The van der Waals surface area contributed by atoms with Crippen LogP contribution in [0.4, 0.5) is 5.82 Å². The Bertz CT molecular complexity index is 984. The molecule has 1 aromatic carbocycles. The van der Waals surface area contributed by atoms with Crippen LogP contribution >= 0.6 is 11.6 Å². The molecule has 2 heterocycles. The normalized spacial score (nSPS) is 26.1.